The molecule has 0 aliphatic rings. The Kier molecular flexibility index (Phi) is 4.96. The summed E-state index contributed by atoms with van der Waals surface area (Å²) < 4.78 is 0. The Hall–Kier alpha value is -1.61. The molecule has 1 aromatic heterocycles. The molecule has 0 saturated carbocycles. The van der Waals surface area contributed by atoms with E-state index in [0.29, 0.717) is 6.04 Å². The van der Waals surface area contributed by atoms with Gasteiger partial charge < -0.3 is 10.2 Å². The summed E-state index contributed by atoms with van der Waals surface area (Å²) in [5, 5.41) is 5.87. The van der Waals surface area contributed by atoms with Gasteiger partial charge in [0.25, 0.3) is 0 Å². The van der Waals surface area contributed by atoms with E-state index >= 15 is 0 Å². The summed E-state index contributed by atoms with van der Waals surface area (Å²) in [5.74, 6) is 1.11. The fraction of sp³-hybridized carbons (Fsp3) is 0.471. The van der Waals surface area contributed by atoms with Gasteiger partial charge in [-0.25, -0.2) is 4.98 Å². The third-order valence-electron chi connectivity index (χ3n) is 3.57. The normalized spacial score (nSPS) is 11.2. The summed E-state index contributed by atoms with van der Waals surface area (Å²) in [4.78, 5) is 7.25. The van der Waals surface area contributed by atoms with Gasteiger partial charge in [0.05, 0.1) is 5.69 Å². The third-order valence-corrected chi connectivity index (χ3v) is 3.57. The minimum atomic E-state index is 0.449. The molecule has 0 amide bonds. The van der Waals surface area contributed by atoms with Crippen molar-refractivity contribution in [1.29, 1.82) is 0 Å². The number of hydrogen-bond acceptors (Lipinski definition) is 3. The molecule has 0 aliphatic carbocycles. The van der Waals surface area contributed by atoms with E-state index in [4.69, 9.17) is 4.98 Å². The zero-order valence-corrected chi connectivity index (χ0v) is 13.0. The van der Waals surface area contributed by atoms with Crippen LogP contribution in [0.3, 0.4) is 0 Å². The molecule has 108 valence electrons. The number of fused-ring (bicyclic) bond motifs is 1. The maximum absolute atomic E-state index is 4.89. The molecule has 0 aliphatic heterocycles. The first-order valence-electron chi connectivity index (χ1n) is 7.53. The van der Waals surface area contributed by atoms with E-state index in [0.717, 1.165) is 31.1 Å². The second-order valence-corrected chi connectivity index (χ2v) is 5.32. The monoisotopic (exact) mass is 271 g/mol. The highest BCUT2D eigenvalue weighted by Gasteiger charge is 2.14. The lowest BCUT2D eigenvalue weighted by Crippen LogP contribution is -2.31. The minimum absolute atomic E-state index is 0.449. The zero-order chi connectivity index (χ0) is 14.5. The molecular formula is C17H25N3. The Morgan fingerprint density at radius 1 is 1.20 bits per heavy atom. The molecule has 1 heterocycles. The van der Waals surface area contributed by atoms with Crippen molar-refractivity contribution in [3.05, 3.63) is 36.0 Å². The smallest absolute Gasteiger partial charge is 0.137 e. The van der Waals surface area contributed by atoms with Crippen LogP contribution in [0.2, 0.25) is 0 Å². The fourth-order valence-corrected chi connectivity index (χ4v) is 2.56. The van der Waals surface area contributed by atoms with Gasteiger partial charge in [0.1, 0.15) is 5.82 Å². The highest BCUT2D eigenvalue weighted by atomic mass is 15.2. The van der Waals surface area contributed by atoms with Crippen LogP contribution >= 0.6 is 0 Å². The van der Waals surface area contributed by atoms with Crippen molar-refractivity contribution in [3.8, 4) is 0 Å². The predicted octanol–water partition coefficient (Wildman–Crippen LogP) is 3.58. The van der Waals surface area contributed by atoms with E-state index in [1.54, 1.807) is 0 Å². The molecular weight excluding hydrogens is 246 g/mol. The van der Waals surface area contributed by atoms with Gasteiger partial charge in [0.2, 0.25) is 0 Å². The molecule has 1 aromatic carbocycles. The molecule has 0 spiro atoms. The molecule has 3 nitrogen and oxygen atoms in total. The molecule has 2 rings (SSSR count). The topological polar surface area (TPSA) is 28.2 Å². The number of aromatic nitrogens is 1. The van der Waals surface area contributed by atoms with Crippen LogP contribution in [0.25, 0.3) is 10.8 Å². The first-order chi connectivity index (χ1) is 9.67. The lowest BCUT2D eigenvalue weighted by molar-refractivity contribution is 0.682. The van der Waals surface area contributed by atoms with Crippen molar-refractivity contribution in [1.82, 2.24) is 10.3 Å². The van der Waals surface area contributed by atoms with Gasteiger partial charge in [-0.3, -0.25) is 0 Å². The number of anilines is 1. The van der Waals surface area contributed by atoms with Gasteiger partial charge in [0.15, 0.2) is 0 Å². The lowest BCUT2D eigenvalue weighted by Gasteiger charge is -2.28. The Labute approximate surface area is 122 Å². The Morgan fingerprint density at radius 3 is 2.60 bits per heavy atom. The van der Waals surface area contributed by atoms with Crippen molar-refractivity contribution in [3.63, 3.8) is 0 Å². The van der Waals surface area contributed by atoms with Crippen LogP contribution in [0.4, 0.5) is 5.82 Å². The average molecular weight is 271 g/mol. The molecule has 3 heteroatoms. The van der Waals surface area contributed by atoms with Crippen LogP contribution in [-0.4, -0.2) is 24.1 Å². The zero-order valence-electron chi connectivity index (χ0n) is 13.0. The molecule has 0 bridgehead atoms. The van der Waals surface area contributed by atoms with Crippen LogP contribution in [0.5, 0.6) is 0 Å². The summed E-state index contributed by atoms with van der Waals surface area (Å²) in [5.41, 5.74) is 1.11. The van der Waals surface area contributed by atoms with Crippen molar-refractivity contribution < 1.29 is 0 Å². The second kappa shape index (κ2) is 6.71. The van der Waals surface area contributed by atoms with E-state index in [-0.39, 0.29) is 0 Å². The van der Waals surface area contributed by atoms with Crippen molar-refractivity contribution in [2.24, 2.45) is 0 Å². The first kappa shape index (κ1) is 14.8. The highest BCUT2D eigenvalue weighted by molar-refractivity contribution is 5.92. The molecule has 1 N–H and O–H groups in total. The maximum atomic E-state index is 4.89. The van der Waals surface area contributed by atoms with Gasteiger partial charge in [-0.2, -0.15) is 0 Å². The number of nitrogens with one attached hydrogen (secondary N) is 1. The number of nitrogens with zero attached hydrogens (tertiary/aromatic N) is 2. The van der Waals surface area contributed by atoms with Crippen LogP contribution < -0.4 is 10.2 Å². The van der Waals surface area contributed by atoms with Crippen LogP contribution in [0, 0.1) is 0 Å². The SMILES string of the molecule is CCNCc1cc2ccccc2c(N(CC)C(C)C)n1. The van der Waals surface area contributed by atoms with Crippen molar-refractivity contribution in [2.75, 3.05) is 18.0 Å². The van der Waals surface area contributed by atoms with Crippen molar-refractivity contribution in [2.45, 2.75) is 40.3 Å². The van der Waals surface area contributed by atoms with Gasteiger partial charge in [-0.1, -0.05) is 31.2 Å². The Morgan fingerprint density at radius 2 is 1.95 bits per heavy atom. The van der Waals surface area contributed by atoms with Crippen LogP contribution in [0.15, 0.2) is 30.3 Å². The molecule has 0 radical (unpaired) electrons. The molecule has 0 fully saturated rings. The summed E-state index contributed by atoms with van der Waals surface area (Å²) in [7, 11) is 0. The van der Waals surface area contributed by atoms with Crippen molar-refractivity contribution >= 4 is 16.6 Å². The van der Waals surface area contributed by atoms with Gasteiger partial charge in [-0.05, 0) is 38.8 Å². The molecule has 20 heavy (non-hydrogen) atoms. The minimum Gasteiger partial charge on any atom is -0.354 e. The number of benzene rings is 1. The van der Waals surface area contributed by atoms with Gasteiger partial charge in [0, 0.05) is 24.5 Å². The summed E-state index contributed by atoms with van der Waals surface area (Å²) in [6.45, 7) is 11.5. The standard InChI is InChI=1S/C17H25N3/c1-5-18-12-15-11-14-9-7-8-10-16(14)17(19-15)20(6-2)13(3)4/h7-11,13,18H,5-6,12H2,1-4H3. The Bertz CT molecular complexity index is 563. The molecule has 0 saturated heterocycles. The molecule has 2 aromatic rings. The Balaban J connectivity index is 2.53. The third kappa shape index (κ3) is 3.10. The van der Waals surface area contributed by atoms with Crippen LogP contribution in [0.1, 0.15) is 33.4 Å². The number of hydrogen-bond donors (Lipinski definition) is 1. The number of rotatable bonds is 6. The van der Waals surface area contributed by atoms with E-state index in [1.165, 1.54) is 10.8 Å². The largest absolute Gasteiger partial charge is 0.354 e. The number of pyridine rings is 1. The molecule has 0 unspecified atom stereocenters. The average Bonchev–Trinajstić information content (AvgIpc) is 2.45. The van der Waals surface area contributed by atoms with E-state index < -0.39 is 0 Å². The lowest BCUT2D eigenvalue weighted by atomic mass is 10.1. The summed E-state index contributed by atoms with van der Waals surface area (Å²) in [6.07, 6.45) is 0. The quantitative estimate of drug-likeness (QED) is 0.870. The molecule has 0 atom stereocenters. The van der Waals surface area contributed by atoms with Crippen LogP contribution in [-0.2, 0) is 6.54 Å². The van der Waals surface area contributed by atoms with Gasteiger partial charge in [-0.15, -0.1) is 0 Å². The van der Waals surface area contributed by atoms with E-state index in [2.05, 4.69) is 68.2 Å². The highest BCUT2D eigenvalue weighted by Crippen LogP contribution is 2.27. The van der Waals surface area contributed by atoms with E-state index in [9.17, 15) is 0 Å². The fourth-order valence-electron chi connectivity index (χ4n) is 2.56. The second-order valence-electron chi connectivity index (χ2n) is 5.32. The van der Waals surface area contributed by atoms with E-state index in [1.807, 2.05) is 0 Å². The first-order valence-corrected chi connectivity index (χ1v) is 7.53. The van der Waals surface area contributed by atoms with Gasteiger partial charge >= 0.3 is 0 Å². The summed E-state index contributed by atoms with van der Waals surface area (Å²) >= 11 is 0. The summed E-state index contributed by atoms with van der Waals surface area (Å²) in [6, 6.07) is 11.2. The predicted molar refractivity (Wildman–Crippen MR) is 87.3 cm³/mol. The maximum Gasteiger partial charge on any atom is 0.137 e.